The lowest BCUT2D eigenvalue weighted by Gasteiger charge is -2.34. The Morgan fingerprint density at radius 2 is 2.24 bits per heavy atom. The van der Waals surface area contributed by atoms with Crippen molar-refractivity contribution in [3.8, 4) is 0 Å². The number of hydrogen-bond acceptors (Lipinski definition) is 3. The number of hydrogen-bond donors (Lipinski definition) is 1. The number of urea groups is 1. The van der Waals surface area contributed by atoms with Crippen LogP contribution in [-0.4, -0.2) is 67.7 Å². The van der Waals surface area contributed by atoms with Crippen LogP contribution >= 0.6 is 0 Å². The number of ether oxygens (including phenoxy) is 1. The predicted molar refractivity (Wildman–Crippen MR) is 61.6 cm³/mol. The largest absolute Gasteiger partial charge is 0.383 e. The number of amides is 3. The first-order chi connectivity index (χ1) is 8.20. The van der Waals surface area contributed by atoms with Gasteiger partial charge < -0.3 is 19.9 Å². The van der Waals surface area contributed by atoms with Crippen LogP contribution in [0.5, 0.6) is 0 Å². The maximum atomic E-state index is 11.8. The number of nitrogens with zero attached hydrogens (tertiary/aromatic N) is 2. The molecule has 0 aromatic rings. The molecule has 1 saturated carbocycles. The minimum atomic E-state index is -0.104. The van der Waals surface area contributed by atoms with Gasteiger partial charge in [0, 0.05) is 32.8 Å². The van der Waals surface area contributed by atoms with E-state index >= 15 is 0 Å². The third kappa shape index (κ3) is 3.33. The van der Waals surface area contributed by atoms with Crippen molar-refractivity contribution >= 4 is 11.9 Å². The first kappa shape index (κ1) is 12.2. The normalized spacial score (nSPS) is 20.6. The molecule has 2 aliphatic rings. The average molecular weight is 241 g/mol. The molecule has 1 aliphatic heterocycles. The SMILES string of the molecule is COCCN1CCN(C(=O)NC2CC2)CC1=O. The lowest BCUT2D eigenvalue weighted by molar-refractivity contribution is -0.135. The van der Waals surface area contributed by atoms with Gasteiger partial charge in [0.25, 0.3) is 0 Å². The van der Waals surface area contributed by atoms with Crippen LogP contribution in [0.25, 0.3) is 0 Å². The summed E-state index contributed by atoms with van der Waals surface area (Å²) in [6.45, 7) is 2.53. The molecule has 0 aromatic carbocycles. The van der Waals surface area contributed by atoms with Crippen molar-refractivity contribution in [1.29, 1.82) is 0 Å². The standard InChI is InChI=1S/C11H19N3O3/c1-17-7-6-13-4-5-14(8-10(13)15)11(16)12-9-2-3-9/h9H,2-8H2,1H3,(H,12,16). The Morgan fingerprint density at radius 3 is 2.82 bits per heavy atom. The van der Waals surface area contributed by atoms with E-state index in [1.165, 1.54) is 0 Å². The van der Waals surface area contributed by atoms with Gasteiger partial charge in [0.1, 0.15) is 6.54 Å². The van der Waals surface area contributed by atoms with Crippen molar-refractivity contribution in [2.24, 2.45) is 0 Å². The Kier molecular flexibility index (Phi) is 3.83. The highest BCUT2D eigenvalue weighted by atomic mass is 16.5. The number of carbonyl (C=O) groups is 2. The van der Waals surface area contributed by atoms with Crippen molar-refractivity contribution in [2.75, 3.05) is 39.9 Å². The molecule has 17 heavy (non-hydrogen) atoms. The second kappa shape index (κ2) is 5.35. The molecule has 96 valence electrons. The Labute approximate surface area is 101 Å². The zero-order chi connectivity index (χ0) is 12.3. The maximum Gasteiger partial charge on any atom is 0.318 e. The Hall–Kier alpha value is -1.30. The van der Waals surface area contributed by atoms with E-state index < -0.39 is 0 Å². The van der Waals surface area contributed by atoms with Crippen LogP contribution in [-0.2, 0) is 9.53 Å². The summed E-state index contributed by atoms with van der Waals surface area (Å²) in [6, 6.07) is 0.233. The molecule has 0 bridgehead atoms. The number of carbonyl (C=O) groups excluding carboxylic acids is 2. The number of piperazine rings is 1. The molecule has 1 aliphatic carbocycles. The molecular weight excluding hydrogens is 222 g/mol. The second-order valence-corrected chi connectivity index (χ2v) is 4.52. The predicted octanol–water partition coefficient (Wildman–Crippen LogP) is -0.351. The molecule has 0 aromatic heterocycles. The van der Waals surface area contributed by atoms with Gasteiger partial charge >= 0.3 is 6.03 Å². The third-order valence-electron chi connectivity index (χ3n) is 3.08. The molecule has 1 heterocycles. The van der Waals surface area contributed by atoms with Crippen LogP contribution in [0, 0.1) is 0 Å². The Bertz CT molecular complexity index is 304. The molecular formula is C11H19N3O3. The molecule has 0 unspecified atom stereocenters. The molecule has 3 amide bonds. The van der Waals surface area contributed by atoms with Crippen molar-refractivity contribution in [2.45, 2.75) is 18.9 Å². The van der Waals surface area contributed by atoms with Gasteiger partial charge in [-0.05, 0) is 12.8 Å². The minimum absolute atomic E-state index is 0.000697. The molecule has 6 heteroatoms. The third-order valence-corrected chi connectivity index (χ3v) is 3.08. The van der Waals surface area contributed by atoms with E-state index in [1.807, 2.05) is 0 Å². The molecule has 0 atom stereocenters. The quantitative estimate of drug-likeness (QED) is 0.731. The minimum Gasteiger partial charge on any atom is -0.383 e. The second-order valence-electron chi connectivity index (χ2n) is 4.52. The van der Waals surface area contributed by atoms with Crippen molar-refractivity contribution in [3.63, 3.8) is 0 Å². The fraction of sp³-hybridized carbons (Fsp3) is 0.818. The molecule has 1 saturated heterocycles. The van der Waals surface area contributed by atoms with Crippen LogP contribution in [0.1, 0.15) is 12.8 Å². The van der Waals surface area contributed by atoms with Crippen molar-refractivity contribution in [1.82, 2.24) is 15.1 Å². The molecule has 6 nitrogen and oxygen atoms in total. The first-order valence-corrected chi connectivity index (χ1v) is 6.03. The highest BCUT2D eigenvalue weighted by Crippen LogP contribution is 2.19. The fourth-order valence-corrected chi connectivity index (χ4v) is 1.81. The zero-order valence-corrected chi connectivity index (χ0v) is 10.1. The summed E-state index contributed by atoms with van der Waals surface area (Å²) in [6.07, 6.45) is 2.13. The van der Waals surface area contributed by atoms with Crippen LogP contribution < -0.4 is 5.32 Å². The fourth-order valence-electron chi connectivity index (χ4n) is 1.81. The van der Waals surface area contributed by atoms with Gasteiger partial charge in [-0.15, -0.1) is 0 Å². The van der Waals surface area contributed by atoms with Gasteiger partial charge in [-0.1, -0.05) is 0 Å². The van der Waals surface area contributed by atoms with Crippen LogP contribution in [0.2, 0.25) is 0 Å². The highest BCUT2D eigenvalue weighted by molar-refractivity contribution is 5.85. The number of methoxy groups -OCH3 is 1. The summed E-state index contributed by atoms with van der Waals surface area (Å²) in [5.41, 5.74) is 0. The topological polar surface area (TPSA) is 61.9 Å². The Morgan fingerprint density at radius 1 is 1.47 bits per heavy atom. The molecule has 2 rings (SSSR count). The molecule has 0 spiro atoms. The molecule has 2 fully saturated rings. The number of rotatable bonds is 4. The summed E-state index contributed by atoms with van der Waals surface area (Å²) in [5, 5.41) is 2.89. The van der Waals surface area contributed by atoms with E-state index in [-0.39, 0.29) is 18.5 Å². The van der Waals surface area contributed by atoms with Gasteiger partial charge in [-0.2, -0.15) is 0 Å². The monoisotopic (exact) mass is 241 g/mol. The van der Waals surface area contributed by atoms with Gasteiger partial charge in [0.15, 0.2) is 0 Å². The van der Waals surface area contributed by atoms with Crippen LogP contribution in [0.3, 0.4) is 0 Å². The van der Waals surface area contributed by atoms with E-state index in [4.69, 9.17) is 4.74 Å². The van der Waals surface area contributed by atoms with E-state index in [1.54, 1.807) is 16.9 Å². The summed E-state index contributed by atoms with van der Waals surface area (Å²) in [4.78, 5) is 26.8. The van der Waals surface area contributed by atoms with Gasteiger partial charge in [0.05, 0.1) is 6.61 Å². The highest BCUT2D eigenvalue weighted by Gasteiger charge is 2.30. The lowest BCUT2D eigenvalue weighted by Crippen LogP contribution is -2.55. The summed E-state index contributed by atoms with van der Waals surface area (Å²) < 4.78 is 4.94. The van der Waals surface area contributed by atoms with Crippen molar-refractivity contribution < 1.29 is 14.3 Å². The van der Waals surface area contributed by atoms with Gasteiger partial charge in [-0.25, -0.2) is 4.79 Å². The number of nitrogens with one attached hydrogen (secondary N) is 1. The molecule has 1 N–H and O–H groups in total. The Balaban J connectivity index is 1.77. The van der Waals surface area contributed by atoms with E-state index in [2.05, 4.69) is 5.32 Å². The van der Waals surface area contributed by atoms with E-state index in [0.29, 0.717) is 32.3 Å². The van der Waals surface area contributed by atoms with Gasteiger partial charge in [-0.3, -0.25) is 4.79 Å². The van der Waals surface area contributed by atoms with Crippen molar-refractivity contribution in [3.05, 3.63) is 0 Å². The maximum absolute atomic E-state index is 11.8. The summed E-state index contributed by atoms with van der Waals surface area (Å²) in [7, 11) is 1.61. The lowest BCUT2D eigenvalue weighted by atomic mass is 10.3. The van der Waals surface area contributed by atoms with Crippen LogP contribution in [0.4, 0.5) is 4.79 Å². The van der Waals surface area contributed by atoms with E-state index in [0.717, 1.165) is 12.8 Å². The smallest absolute Gasteiger partial charge is 0.318 e. The zero-order valence-electron chi connectivity index (χ0n) is 10.1. The van der Waals surface area contributed by atoms with Crippen LogP contribution in [0.15, 0.2) is 0 Å². The molecule has 0 radical (unpaired) electrons. The van der Waals surface area contributed by atoms with Gasteiger partial charge in [0.2, 0.25) is 5.91 Å². The van der Waals surface area contributed by atoms with E-state index in [9.17, 15) is 9.59 Å². The first-order valence-electron chi connectivity index (χ1n) is 6.03. The summed E-state index contributed by atoms with van der Waals surface area (Å²) >= 11 is 0. The summed E-state index contributed by atoms with van der Waals surface area (Å²) in [5.74, 6) is -0.000697. The average Bonchev–Trinajstić information content (AvgIpc) is 3.11.